The first kappa shape index (κ1) is 17.8. The molecule has 4 aliphatic rings. The molecule has 4 N–H and O–H groups in total. The zero-order chi connectivity index (χ0) is 17.9. The van der Waals surface area contributed by atoms with E-state index in [1.165, 1.54) is 5.57 Å². The van der Waals surface area contributed by atoms with Gasteiger partial charge in [0.25, 0.3) is 5.97 Å². The van der Waals surface area contributed by atoms with Gasteiger partial charge in [0, 0.05) is 17.8 Å². The van der Waals surface area contributed by atoms with Gasteiger partial charge < -0.3 is 29.9 Å². The fourth-order valence-electron chi connectivity index (χ4n) is 5.06. The fourth-order valence-corrected chi connectivity index (χ4v) is 5.06. The summed E-state index contributed by atoms with van der Waals surface area (Å²) in [7, 11) is 0. The number of hydrogen-bond acceptors (Lipinski definition) is 6. The minimum Gasteiger partial charge on any atom is -0.481 e. The van der Waals surface area contributed by atoms with E-state index in [4.69, 9.17) is 19.4 Å². The first-order valence-corrected chi connectivity index (χ1v) is 8.29. The predicted octanol–water partition coefficient (Wildman–Crippen LogP) is 0.0742. The number of carbonyl (C=O) groups is 1. The Morgan fingerprint density at radius 2 is 2.00 bits per heavy atom. The third kappa shape index (κ3) is 1.99. The van der Waals surface area contributed by atoms with Crippen LogP contribution in [0.4, 0.5) is 0 Å². The molecule has 2 saturated heterocycles. The van der Waals surface area contributed by atoms with E-state index >= 15 is 0 Å². The number of epoxide rings is 1. The molecule has 136 valence electrons. The average Bonchev–Trinajstić information content (AvgIpc) is 3.29. The average molecular weight is 342 g/mol. The summed E-state index contributed by atoms with van der Waals surface area (Å²) in [4.78, 5) is 9.00. The second kappa shape index (κ2) is 5.51. The molecule has 0 aromatic carbocycles. The monoisotopic (exact) mass is 342 g/mol. The molecule has 24 heavy (non-hydrogen) atoms. The number of allylic oxidation sites excluding steroid dienone is 1. The van der Waals surface area contributed by atoms with Crippen LogP contribution in [-0.4, -0.2) is 69.6 Å². The van der Waals surface area contributed by atoms with E-state index in [9.17, 15) is 15.3 Å². The van der Waals surface area contributed by atoms with E-state index in [2.05, 4.69) is 6.92 Å². The second-order valence-electron chi connectivity index (χ2n) is 7.64. The van der Waals surface area contributed by atoms with Gasteiger partial charge in [0.15, 0.2) is 0 Å². The van der Waals surface area contributed by atoms with Gasteiger partial charge in [-0.2, -0.15) is 0 Å². The summed E-state index contributed by atoms with van der Waals surface area (Å²) in [6.45, 7) is 5.51. The molecule has 2 bridgehead atoms. The lowest BCUT2D eigenvalue weighted by Crippen LogP contribution is -2.66. The summed E-state index contributed by atoms with van der Waals surface area (Å²) < 4.78 is 11.8. The fraction of sp³-hybridized carbons (Fsp3) is 0.824. The minimum atomic E-state index is -0.953. The zero-order valence-corrected chi connectivity index (χ0v) is 14.2. The van der Waals surface area contributed by atoms with Crippen LogP contribution in [0, 0.1) is 10.8 Å². The van der Waals surface area contributed by atoms with E-state index in [-0.39, 0.29) is 12.7 Å². The van der Waals surface area contributed by atoms with Crippen molar-refractivity contribution in [3.63, 3.8) is 0 Å². The Hall–Kier alpha value is -0.990. The first-order valence-electron chi connectivity index (χ1n) is 8.29. The van der Waals surface area contributed by atoms with Crippen LogP contribution in [0.1, 0.15) is 33.6 Å². The lowest BCUT2D eigenvalue weighted by molar-refractivity contribution is -0.226. The number of rotatable bonds is 1. The molecule has 0 aromatic heterocycles. The molecule has 7 nitrogen and oxygen atoms in total. The highest BCUT2D eigenvalue weighted by Gasteiger charge is 2.84. The number of aliphatic hydroxyl groups is 3. The van der Waals surface area contributed by atoms with Crippen LogP contribution < -0.4 is 0 Å². The van der Waals surface area contributed by atoms with E-state index in [1.807, 2.05) is 13.0 Å². The molecule has 2 aliphatic carbocycles. The van der Waals surface area contributed by atoms with Gasteiger partial charge in [-0.3, -0.25) is 4.79 Å². The Bertz CT molecular complexity index is 565. The van der Waals surface area contributed by atoms with Crippen LogP contribution in [0.15, 0.2) is 11.6 Å². The van der Waals surface area contributed by atoms with E-state index < -0.39 is 40.7 Å². The molecular weight excluding hydrogens is 316 g/mol. The Labute approximate surface area is 140 Å². The van der Waals surface area contributed by atoms with Crippen molar-refractivity contribution in [1.29, 1.82) is 0 Å². The number of aliphatic carboxylic acids is 1. The van der Waals surface area contributed by atoms with Crippen molar-refractivity contribution >= 4 is 5.97 Å². The summed E-state index contributed by atoms with van der Waals surface area (Å²) in [6, 6.07) is 0. The van der Waals surface area contributed by atoms with Crippen LogP contribution in [0.2, 0.25) is 0 Å². The number of carboxylic acids is 1. The third-order valence-electron chi connectivity index (χ3n) is 6.57. The van der Waals surface area contributed by atoms with Gasteiger partial charge in [-0.15, -0.1) is 0 Å². The zero-order valence-electron chi connectivity index (χ0n) is 14.2. The van der Waals surface area contributed by atoms with Crippen LogP contribution in [0.5, 0.6) is 0 Å². The van der Waals surface area contributed by atoms with Crippen molar-refractivity contribution in [3.05, 3.63) is 11.6 Å². The Balaban J connectivity index is 0.000000383. The minimum absolute atomic E-state index is 0.0699. The SMILES string of the molecule is CC(=O)O.CC1=C[C@H]2O[C@@H]3C(O)[C@@H](O)C(C)(C34CO4)[C@@]2(CO)CC1. The number of hydrogen-bond donors (Lipinski definition) is 4. The third-order valence-corrected chi connectivity index (χ3v) is 6.57. The molecule has 0 radical (unpaired) electrons. The lowest BCUT2D eigenvalue weighted by atomic mass is 9.51. The van der Waals surface area contributed by atoms with Crippen molar-refractivity contribution < 1.29 is 34.7 Å². The molecule has 1 spiro atoms. The number of aliphatic hydroxyl groups excluding tert-OH is 3. The lowest BCUT2D eigenvalue weighted by Gasteiger charge is -2.57. The number of fused-ring (bicyclic) bond motifs is 2. The van der Waals surface area contributed by atoms with Crippen molar-refractivity contribution in [2.75, 3.05) is 13.2 Å². The second-order valence-corrected chi connectivity index (χ2v) is 7.64. The maximum atomic E-state index is 10.7. The number of ether oxygens (including phenoxy) is 2. The molecule has 7 heteroatoms. The maximum Gasteiger partial charge on any atom is 0.300 e. The van der Waals surface area contributed by atoms with Gasteiger partial charge in [0.1, 0.15) is 17.8 Å². The van der Waals surface area contributed by atoms with Gasteiger partial charge in [0.2, 0.25) is 0 Å². The summed E-state index contributed by atoms with van der Waals surface area (Å²) in [5, 5.41) is 38.6. The largest absolute Gasteiger partial charge is 0.481 e. The van der Waals surface area contributed by atoms with Gasteiger partial charge in [0.05, 0.1) is 25.4 Å². The molecule has 4 rings (SSSR count). The Morgan fingerprint density at radius 1 is 1.42 bits per heavy atom. The summed E-state index contributed by atoms with van der Waals surface area (Å²) >= 11 is 0. The molecule has 3 unspecified atom stereocenters. The first-order chi connectivity index (χ1) is 11.2. The van der Waals surface area contributed by atoms with Crippen LogP contribution in [0.25, 0.3) is 0 Å². The maximum absolute atomic E-state index is 10.7. The number of carboxylic acid groups (broad SMARTS) is 1. The van der Waals surface area contributed by atoms with E-state index in [1.54, 1.807) is 0 Å². The molecular formula is C17H26O7. The summed E-state index contributed by atoms with van der Waals surface area (Å²) in [6.07, 6.45) is 1.01. The van der Waals surface area contributed by atoms with Gasteiger partial charge in [-0.1, -0.05) is 18.6 Å². The van der Waals surface area contributed by atoms with Crippen molar-refractivity contribution in [3.8, 4) is 0 Å². The topological polar surface area (TPSA) is 120 Å². The van der Waals surface area contributed by atoms with Crippen molar-refractivity contribution in [2.45, 2.75) is 63.6 Å². The predicted molar refractivity (Wildman–Crippen MR) is 83.3 cm³/mol. The van der Waals surface area contributed by atoms with Gasteiger partial charge in [-0.25, -0.2) is 0 Å². The van der Waals surface area contributed by atoms with Gasteiger partial charge >= 0.3 is 0 Å². The molecule has 0 amide bonds. The summed E-state index contributed by atoms with van der Waals surface area (Å²) in [5.41, 5.74) is -0.668. The highest BCUT2D eigenvalue weighted by molar-refractivity contribution is 5.62. The molecule has 7 atom stereocenters. The standard InChI is InChI=1S/C15H22O5.C2H4O2/c1-8-3-4-14(6-16)9(5-8)20-12-10(17)11(18)13(14,2)15(12)7-19-15;1-2(3)4/h5,9-12,16-18H,3-4,6-7H2,1-2H3;1H3,(H,3,4)/t9-,10?,11-,12-,13?,14-,15?;/m1./s1. The Morgan fingerprint density at radius 3 is 2.50 bits per heavy atom. The van der Waals surface area contributed by atoms with E-state index in [0.29, 0.717) is 6.61 Å². The highest BCUT2D eigenvalue weighted by Crippen LogP contribution is 2.71. The van der Waals surface area contributed by atoms with E-state index in [0.717, 1.165) is 19.8 Å². The Kier molecular flexibility index (Phi) is 4.09. The highest BCUT2D eigenvalue weighted by atomic mass is 16.6. The van der Waals surface area contributed by atoms with Gasteiger partial charge in [-0.05, 0) is 19.8 Å². The molecule has 2 heterocycles. The van der Waals surface area contributed by atoms with Crippen molar-refractivity contribution in [2.24, 2.45) is 10.8 Å². The molecule has 2 aliphatic heterocycles. The van der Waals surface area contributed by atoms with Crippen LogP contribution >= 0.6 is 0 Å². The van der Waals surface area contributed by atoms with Crippen molar-refractivity contribution in [1.82, 2.24) is 0 Å². The molecule has 0 aromatic rings. The quantitative estimate of drug-likeness (QED) is 0.393. The molecule has 3 fully saturated rings. The summed E-state index contributed by atoms with van der Waals surface area (Å²) in [5.74, 6) is -0.833. The van der Waals surface area contributed by atoms with Crippen LogP contribution in [-0.2, 0) is 14.3 Å². The molecule has 1 saturated carbocycles. The smallest absolute Gasteiger partial charge is 0.300 e. The van der Waals surface area contributed by atoms with Crippen LogP contribution in [0.3, 0.4) is 0 Å². The normalized spacial score (nSPS) is 51.3.